The van der Waals surface area contributed by atoms with Gasteiger partial charge in [0.1, 0.15) is 5.75 Å². The van der Waals surface area contributed by atoms with Crippen LogP contribution in [0, 0.1) is 0 Å². The number of aromatic nitrogens is 1. The zero-order valence-corrected chi connectivity index (χ0v) is 11.2. The Kier molecular flexibility index (Phi) is 4.55. The van der Waals surface area contributed by atoms with Gasteiger partial charge in [0.2, 0.25) is 0 Å². The average Bonchev–Trinajstić information content (AvgIpc) is 2.46. The highest BCUT2D eigenvalue weighted by Gasteiger charge is 2.14. The SMILES string of the molecule is CC(Oc1cccc(N)c1)C(=O)NCc1cccnc1. The first kappa shape index (κ1) is 13.9. The molecule has 20 heavy (non-hydrogen) atoms. The maximum absolute atomic E-state index is 11.9. The second-order valence-corrected chi connectivity index (χ2v) is 4.41. The highest BCUT2D eigenvalue weighted by atomic mass is 16.5. The Morgan fingerprint density at radius 3 is 2.95 bits per heavy atom. The first-order valence-electron chi connectivity index (χ1n) is 6.34. The Labute approximate surface area is 117 Å². The largest absolute Gasteiger partial charge is 0.481 e. The molecule has 2 aromatic rings. The van der Waals surface area contributed by atoms with Gasteiger partial charge in [-0.1, -0.05) is 12.1 Å². The van der Waals surface area contributed by atoms with Crippen molar-refractivity contribution in [3.63, 3.8) is 0 Å². The van der Waals surface area contributed by atoms with Crippen molar-refractivity contribution in [3.8, 4) is 5.75 Å². The van der Waals surface area contributed by atoms with Gasteiger partial charge < -0.3 is 15.8 Å². The predicted molar refractivity (Wildman–Crippen MR) is 77.0 cm³/mol. The van der Waals surface area contributed by atoms with Gasteiger partial charge >= 0.3 is 0 Å². The Morgan fingerprint density at radius 1 is 1.40 bits per heavy atom. The molecular weight excluding hydrogens is 254 g/mol. The second kappa shape index (κ2) is 6.56. The van der Waals surface area contributed by atoms with Crippen LogP contribution in [0.3, 0.4) is 0 Å². The lowest BCUT2D eigenvalue weighted by Gasteiger charge is -2.15. The molecule has 5 nitrogen and oxygen atoms in total. The molecule has 3 N–H and O–H groups in total. The molecule has 1 atom stereocenters. The number of hydrogen-bond acceptors (Lipinski definition) is 4. The quantitative estimate of drug-likeness (QED) is 0.812. The summed E-state index contributed by atoms with van der Waals surface area (Å²) in [5.74, 6) is 0.394. The number of nitrogens with two attached hydrogens (primary N) is 1. The molecule has 0 bridgehead atoms. The van der Waals surface area contributed by atoms with Crippen molar-refractivity contribution in [2.75, 3.05) is 5.73 Å². The summed E-state index contributed by atoms with van der Waals surface area (Å²) >= 11 is 0. The first-order valence-corrected chi connectivity index (χ1v) is 6.34. The number of pyridine rings is 1. The summed E-state index contributed by atoms with van der Waals surface area (Å²) in [5.41, 5.74) is 7.20. The number of carbonyl (C=O) groups excluding carboxylic acids is 1. The lowest BCUT2D eigenvalue weighted by molar-refractivity contribution is -0.127. The first-order chi connectivity index (χ1) is 9.65. The summed E-state index contributed by atoms with van der Waals surface area (Å²) in [6, 6.07) is 10.7. The lowest BCUT2D eigenvalue weighted by atomic mass is 10.2. The maximum atomic E-state index is 11.9. The van der Waals surface area contributed by atoms with E-state index in [9.17, 15) is 4.79 Å². The van der Waals surface area contributed by atoms with E-state index in [2.05, 4.69) is 10.3 Å². The van der Waals surface area contributed by atoms with Crippen LogP contribution in [0.15, 0.2) is 48.8 Å². The molecule has 1 unspecified atom stereocenters. The molecule has 0 fully saturated rings. The van der Waals surface area contributed by atoms with E-state index in [0.717, 1.165) is 5.56 Å². The number of anilines is 1. The van der Waals surface area contributed by atoms with Crippen LogP contribution in [-0.2, 0) is 11.3 Å². The lowest BCUT2D eigenvalue weighted by Crippen LogP contribution is -2.35. The summed E-state index contributed by atoms with van der Waals surface area (Å²) in [6.07, 6.45) is 2.81. The Morgan fingerprint density at radius 2 is 2.25 bits per heavy atom. The van der Waals surface area contributed by atoms with Crippen LogP contribution >= 0.6 is 0 Å². The third-order valence-corrected chi connectivity index (χ3v) is 2.73. The number of amides is 1. The summed E-state index contributed by atoms with van der Waals surface area (Å²) in [4.78, 5) is 15.9. The molecule has 0 radical (unpaired) electrons. The van der Waals surface area contributed by atoms with Gasteiger partial charge in [0, 0.05) is 30.7 Å². The van der Waals surface area contributed by atoms with E-state index in [1.807, 2.05) is 12.1 Å². The second-order valence-electron chi connectivity index (χ2n) is 4.41. The van der Waals surface area contributed by atoms with Crippen molar-refractivity contribution in [2.24, 2.45) is 0 Å². The van der Waals surface area contributed by atoms with Crippen LogP contribution in [0.5, 0.6) is 5.75 Å². The number of nitrogen functional groups attached to an aromatic ring is 1. The molecule has 1 aromatic carbocycles. The number of rotatable bonds is 5. The highest BCUT2D eigenvalue weighted by Crippen LogP contribution is 2.16. The van der Waals surface area contributed by atoms with E-state index >= 15 is 0 Å². The average molecular weight is 271 g/mol. The van der Waals surface area contributed by atoms with E-state index in [-0.39, 0.29) is 5.91 Å². The fourth-order valence-corrected chi connectivity index (χ4v) is 1.68. The van der Waals surface area contributed by atoms with Gasteiger partial charge in [-0.3, -0.25) is 9.78 Å². The molecule has 104 valence electrons. The Hall–Kier alpha value is -2.56. The van der Waals surface area contributed by atoms with Gasteiger partial charge in [-0.15, -0.1) is 0 Å². The molecular formula is C15H17N3O2. The van der Waals surface area contributed by atoms with E-state index in [0.29, 0.717) is 18.0 Å². The van der Waals surface area contributed by atoms with E-state index in [1.54, 1.807) is 43.6 Å². The van der Waals surface area contributed by atoms with Crippen LogP contribution in [0.1, 0.15) is 12.5 Å². The van der Waals surface area contributed by atoms with E-state index in [4.69, 9.17) is 10.5 Å². The number of ether oxygens (including phenoxy) is 1. The molecule has 5 heteroatoms. The summed E-state index contributed by atoms with van der Waals surface area (Å²) in [7, 11) is 0. The molecule has 2 rings (SSSR count). The highest BCUT2D eigenvalue weighted by molar-refractivity contribution is 5.80. The standard InChI is InChI=1S/C15H17N3O2/c1-11(20-14-6-2-5-13(16)8-14)15(19)18-10-12-4-3-7-17-9-12/h2-9,11H,10,16H2,1H3,(H,18,19). The Bertz CT molecular complexity index is 572. The fourth-order valence-electron chi connectivity index (χ4n) is 1.68. The van der Waals surface area contributed by atoms with Gasteiger partial charge in [0.15, 0.2) is 6.10 Å². The number of carbonyl (C=O) groups is 1. The number of benzene rings is 1. The maximum Gasteiger partial charge on any atom is 0.261 e. The smallest absolute Gasteiger partial charge is 0.261 e. The molecule has 0 saturated carbocycles. The van der Waals surface area contributed by atoms with Crippen LogP contribution in [0.4, 0.5) is 5.69 Å². The van der Waals surface area contributed by atoms with Gasteiger partial charge in [0.05, 0.1) is 0 Å². The number of nitrogens with zero attached hydrogens (tertiary/aromatic N) is 1. The summed E-state index contributed by atoms with van der Waals surface area (Å²) in [6.45, 7) is 2.12. The normalized spacial score (nSPS) is 11.7. The van der Waals surface area contributed by atoms with E-state index < -0.39 is 6.10 Å². The van der Waals surface area contributed by atoms with Crippen molar-refractivity contribution in [3.05, 3.63) is 54.4 Å². The van der Waals surface area contributed by atoms with Crippen molar-refractivity contribution in [1.29, 1.82) is 0 Å². The van der Waals surface area contributed by atoms with Gasteiger partial charge in [0.25, 0.3) is 5.91 Å². The fraction of sp³-hybridized carbons (Fsp3) is 0.200. The van der Waals surface area contributed by atoms with E-state index in [1.165, 1.54) is 0 Å². The van der Waals surface area contributed by atoms with Crippen molar-refractivity contribution >= 4 is 11.6 Å². The van der Waals surface area contributed by atoms with Crippen LogP contribution in [-0.4, -0.2) is 17.0 Å². The topological polar surface area (TPSA) is 77.2 Å². The zero-order chi connectivity index (χ0) is 14.4. The number of nitrogens with one attached hydrogen (secondary N) is 1. The molecule has 0 aliphatic heterocycles. The molecule has 1 amide bonds. The van der Waals surface area contributed by atoms with Crippen molar-refractivity contribution in [2.45, 2.75) is 19.6 Å². The molecule has 0 spiro atoms. The van der Waals surface area contributed by atoms with Crippen LogP contribution in [0.25, 0.3) is 0 Å². The predicted octanol–water partition coefficient (Wildman–Crippen LogP) is 1.75. The zero-order valence-electron chi connectivity index (χ0n) is 11.2. The third-order valence-electron chi connectivity index (χ3n) is 2.73. The molecule has 1 aromatic heterocycles. The molecule has 0 aliphatic carbocycles. The summed E-state index contributed by atoms with van der Waals surface area (Å²) in [5, 5.41) is 2.80. The van der Waals surface area contributed by atoms with Crippen molar-refractivity contribution < 1.29 is 9.53 Å². The number of hydrogen-bond donors (Lipinski definition) is 2. The molecule has 1 heterocycles. The minimum absolute atomic E-state index is 0.184. The third kappa shape index (κ3) is 3.98. The van der Waals surface area contributed by atoms with Crippen LogP contribution < -0.4 is 15.8 Å². The van der Waals surface area contributed by atoms with Gasteiger partial charge in [-0.2, -0.15) is 0 Å². The Balaban J connectivity index is 1.86. The molecule has 0 saturated heterocycles. The minimum Gasteiger partial charge on any atom is -0.481 e. The van der Waals surface area contributed by atoms with Crippen molar-refractivity contribution in [1.82, 2.24) is 10.3 Å². The monoisotopic (exact) mass is 271 g/mol. The molecule has 0 aliphatic rings. The van der Waals surface area contributed by atoms with Gasteiger partial charge in [-0.05, 0) is 30.7 Å². The minimum atomic E-state index is -0.589. The van der Waals surface area contributed by atoms with Crippen LogP contribution in [0.2, 0.25) is 0 Å². The summed E-state index contributed by atoms with van der Waals surface area (Å²) < 4.78 is 5.54. The van der Waals surface area contributed by atoms with Gasteiger partial charge in [-0.25, -0.2) is 0 Å².